The third-order valence-corrected chi connectivity index (χ3v) is 4.41. The molecule has 0 N–H and O–H groups in total. The van der Waals surface area contributed by atoms with Crippen LogP contribution in [0, 0.1) is 0 Å². The fourth-order valence-electron chi connectivity index (χ4n) is 0.527. The van der Waals surface area contributed by atoms with E-state index in [1.807, 2.05) is 0 Å². The minimum absolute atomic E-state index is 0.0771. The minimum Gasteiger partial charge on any atom is -0.197 e. The fraction of sp³-hybridized carbons (Fsp3) is 0. The fourth-order valence-corrected chi connectivity index (χ4v) is 3.09. The van der Waals surface area contributed by atoms with Crippen LogP contribution in [0.1, 0.15) is 0 Å². The second kappa shape index (κ2) is 3.33. The maximum atomic E-state index is 11.0. The van der Waals surface area contributed by atoms with Crippen LogP contribution in [0.4, 0.5) is 0 Å². The van der Waals surface area contributed by atoms with Gasteiger partial charge in [-0.25, -0.2) is 0 Å². The van der Waals surface area contributed by atoms with Crippen molar-refractivity contribution in [1.82, 2.24) is 0 Å². The Labute approximate surface area is 74.4 Å². The molecule has 5 nitrogen and oxygen atoms in total. The highest BCUT2D eigenvalue weighted by atomic mass is 32.3. The molecule has 0 aromatic carbocycles. The highest BCUT2D eigenvalue weighted by Gasteiger charge is 2.13. The van der Waals surface area contributed by atoms with Crippen molar-refractivity contribution in [3.8, 4) is 0 Å². The van der Waals surface area contributed by atoms with Gasteiger partial charge in [0.15, 0.2) is 0 Å². The van der Waals surface area contributed by atoms with Gasteiger partial charge in [0.25, 0.3) is 0 Å². The second-order valence-corrected chi connectivity index (χ2v) is 5.33. The summed E-state index contributed by atoms with van der Waals surface area (Å²) in [6.07, 6.45) is 0. The molecule has 0 amide bonds. The first-order valence-electron chi connectivity index (χ1n) is 2.63. The third kappa shape index (κ3) is 2.13. The van der Waals surface area contributed by atoms with Crippen molar-refractivity contribution in [3.63, 3.8) is 0 Å². The highest BCUT2D eigenvalue weighted by molar-refractivity contribution is 7.95. The molecule has 12 heavy (non-hydrogen) atoms. The Morgan fingerprint density at radius 1 is 1.42 bits per heavy atom. The van der Waals surface area contributed by atoms with Crippen LogP contribution < -0.4 is 0 Å². The predicted octanol–water partition coefficient (Wildman–Crippen LogP) is 0.500. The maximum Gasteiger partial charge on any atom is 0.327 e. The summed E-state index contributed by atoms with van der Waals surface area (Å²) in [6.45, 7) is 0. The zero-order valence-corrected chi connectivity index (χ0v) is 7.99. The van der Waals surface area contributed by atoms with E-state index in [1.165, 1.54) is 17.5 Å². The molecule has 1 aromatic rings. The number of rotatable bonds is 2. The predicted molar refractivity (Wildman–Crippen MR) is 42.9 cm³/mol. The Bertz CT molecular complexity index is 472. The average Bonchev–Trinajstić information content (AvgIpc) is 2.32. The molecule has 1 heterocycles. The quantitative estimate of drug-likeness (QED) is 0.734. The van der Waals surface area contributed by atoms with E-state index in [2.05, 4.69) is 3.77 Å². The Morgan fingerprint density at radius 2 is 2.08 bits per heavy atom. The van der Waals surface area contributed by atoms with Gasteiger partial charge in [-0.15, -0.1) is 11.3 Å². The summed E-state index contributed by atoms with van der Waals surface area (Å²) in [7, 11) is -6.91. The molecule has 0 aliphatic rings. The third-order valence-electron chi connectivity index (χ3n) is 0.908. The van der Waals surface area contributed by atoms with Crippen molar-refractivity contribution >= 4 is 31.9 Å². The van der Waals surface area contributed by atoms with Gasteiger partial charge in [-0.3, -0.25) is 0 Å². The van der Waals surface area contributed by atoms with Crippen LogP contribution in [0.25, 0.3) is 0 Å². The van der Waals surface area contributed by atoms with Crippen LogP contribution in [-0.4, -0.2) is 16.8 Å². The molecule has 1 aromatic heterocycles. The van der Waals surface area contributed by atoms with Crippen LogP contribution >= 0.6 is 11.3 Å². The molecular formula is C4H3NO4S3. The van der Waals surface area contributed by atoms with Crippen LogP contribution in [0.2, 0.25) is 0 Å². The van der Waals surface area contributed by atoms with E-state index in [0.29, 0.717) is 0 Å². The first-order chi connectivity index (χ1) is 5.52. The molecule has 1 rings (SSSR count). The zero-order valence-electron chi connectivity index (χ0n) is 5.54. The van der Waals surface area contributed by atoms with E-state index in [4.69, 9.17) is 0 Å². The lowest BCUT2D eigenvalue weighted by molar-refractivity contribution is 0.598. The lowest BCUT2D eigenvalue weighted by Crippen LogP contribution is -1.91. The molecule has 66 valence electrons. The van der Waals surface area contributed by atoms with Gasteiger partial charge in [-0.1, -0.05) is 6.07 Å². The van der Waals surface area contributed by atoms with E-state index in [1.54, 1.807) is 0 Å². The molecule has 0 saturated carbocycles. The SMILES string of the molecule is O=S(=O)=NS(=O)(=O)c1cccs1. The smallest absolute Gasteiger partial charge is 0.197 e. The van der Waals surface area contributed by atoms with E-state index in [9.17, 15) is 16.8 Å². The second-order valence-electron chi connectivity index (χ2n) is 1.70. The van der Waals surface area contributed by atoms with Gasteiger partial charge in [-0.05, 0) is 15.2 Å². The first kappa shape index (κ1) is 9.36. The zero-order chi connectivity index (χ0) is 9.19. The van der Waals surface area contributed by atoms with Crippen molar-refractivity contribution in [2.75, 3.05) is 0 Å². The lowest BCUT2D eigenvalue weighted by atomic mass is 10.7. The van der Waals surface area contributed by atoms with Crippen molar-refractivity contribution in [1.29, 1.82) is 0 Å². The van der Waals surface area contributed by atoms with Gasteiger partial charge >= 0.3 is 20.5 Å². The van der Waals surface area contributed by atoms with Crippen molar-refractivity contribution in [3.05, 3.63) is 17.5 Å². The summed E-state index contributed by atoms with van der Waals surface area (Å²) in [6, 6.07) is 2.79. The van der Waals surface area contributed by atoms with Gasteiger partial charge < -0.3 is 0 Å². The highest BCUT2D eigenvalue weighted by Crippen LogP contribution is 2.17. The van der Waals surface area contributed by atoms with Crippen LogP contribution in [0.5, 0.6) is 0 Å². The number of hydrogen-bond donors (Lipinski definition) is 0. The molecule has 8 heteroatoms. The summed E-state index contributed by atoms with van der Waals surface area (Å²) in [4.78, 5) is 0. The van der Waals surface area contributed by atoms with E-state index in [-0.39, 0.29) is 4.21 Å². The van der Waals surface area contributed by atoms with Gasteiger partial charge in [0.1, 0.15) is 4.21 Å². The maximum absolute atomic E-state index is 11.0. The Balaban J connectivity index is 3.31. The summed E-state index contributed by atoms with van der Waals surface area (Å²) in [5.41, 5.74) is 0. The van der Waals surface area contributed by atoms with Crippen molar-refractivity contribution in [2.45, 2.75) is 4.21 Å². The molecule has 0 unspecified atom stereocenters. The molecule has 0 spiro atoms. The van der Waals surface area contributed by atoms with Crippen LogP contribution in [-0.2, 0) is 20.5 Å². The molecule has 0 radical (unpaired) electrons. The Hall–Kier alpha value is -0.730. The van der Waals surface area contributed by atoms with Gasteiger partial charge in [0.2, 0.25) is 0 Å². The Kier molecular flexibility index (Phi) is 2.60. The molecular weight excluding hydrogens is 222 g/mol. The largest absolute Gasteiger partial charge is 0.327 e. The topological polar surface area (TPSA) is 80.6 Å². The summed E-state index contributed by atoms with van der Waals surface area (Å²) in [5.74, 6) is 0. The summed E-state index contributed by atoms with van der Waals surface area (Å²) < 4.78 is 44.3. The lowest BCUT2D eigenvalue weighted by Gasteiger charge is -1.85. The monoisotopic (exact) mass is 225 g/mol. The normalized spacial score (nSPS) is 11.0. The number of sulfonamides is 1. The number of hydrogen-bond acceptors (Lipinski definition) is 5. The van der Waals surface area contributed by atoms with E-state index in [0.717, 1.165) is 11.3 Å². The first-order valence-corrected chi connectivity index (χ1v) is 5.98. The number of nitrogens with zero attached hydrogens (tertiary/aromatic N) is 1. The van der Waals surface area contributed by atoms with Gasteiger partial charge in [0.05, 0.1) is 0 Å². The molecule has 0 aliphatic heterocycles. The summed E-state index contributed by atoms with van der Waals surface area (Å²) >= 11 is 0.917. The van der Waals surface area contributed by atoms with Gasteiger partial charge in [0, 0.05) is 0 Å². The average molecular weight is 225 g/mol. The van der Waals surface area contributed by atoms with Crippen LogP contribution in [0.3, 0.4) is 0 Å². The van der Waals surface area contributed by atoms with Crippen molar-refractivity contribution < 1.29 is 16.8 Å². The summed E-state index contributed by atoms with van der Waals surface area (Å²) in [5, 5.41) is 1.52. The molecule has 0 fully saturated rings. The van der Waals surface area contributed by atoms with Crippen molar-refractivity contribution in [2.24, 2.45) is 3.77 Å². The number of thiophene rings is 1. The van der Waals surface area contributed by atoms with Crippen LogP contribution in [0.15, 0.2) is 25.5 Å². The molecule has 0 atom stereocenters. The van der Waals surface area contributed by atoms with Gasteiger partial charge in [-0.2, -0.15) is 16.8 Å². The van der Waals surface area contributed by atoms with E-state index < -0.39 is 20.5 Å². The molecule has 0 bridgehead atoms. The minimum atomic E-state index is -3.99. The Morgan fingerprint density at radius 3 is 2.50 bits per heavy atom. The molecule has 0 saturated heterocycles. The standard InChI is InChI=1S/C4H3NO4S3/c6-11(7)5-12(8,9)4-2-1-3-10-4/h1-3H. The molecule has 0 aliphatic carbocycles. The van der Waals surface area contributed by atoms with E-state index >= 15 is 0 Å².